The van der Waals surface area contributed by atoms with Crippen LogP contribution in [0.5, 0.6) is 5.75 Å². The lowest BCUT2D eigenvalue weighted by Crippen LogP contribution is -2.23. The van der Waals surface area contributed by atoms with Gasteiger partial charge in [0.2, 0.25) is 11.1 Å². The van der Waals surface area contributed by atoms with Crippen LogP contribution in [0.1, 0.15) is 25.0 Å². The molecule has 1 atom stereocenters. The van der Waals surface area contributed by atoms with Gasteiger partial charge < -0.3 is 10.1 Å². The van der Waals surface area contributed by atoms with E-state index in [9.17, 15) is 4.79 Å². The molecule has 0 spiro atoms. The number of hydrogen-bond acceptors (Lipinski definition) is 6. The molecule has 0 saturated carbocycles. The summed E-state index contributed by atoms with van der Waals surface area (Å²) >= 11 is 1.31. The molecule has 7 nitrogen and oxygen atoms in total. The van der Waals surface area contributed by atoms with Gasteiger partial charge in [0.05, 0.1) is 23.2 Å². The summed E-state index contributed by atoms with van der Waals surface area (Å²) in [5.74, 6) is 0.503. The average molecular weight is 398 g/mol. The first kappa shape index (κ1) is 19.9. The Morgan fingerprint density at radius 1 is 1.25 bits per heavy atom. The third-order valence-corrected chi connectivity index (χ3v) is 5.15. The topological polar surface area (TPSA) is 81.9 Å². The molecule has 3 rings (SSSR count). The van der Waals surface area contributed by atoms with E-state index in [4.69, 9.17) is 4.74 Å². The third kappa shape index (κ3) is 4.51. The standard InChI is InChI=1S/C20H23N5O2S/c1-5-27-18-9-7-6-8-16(18)21-19(26)15(4)28-20-22-23-24-25(20)17-11-10-13(2)12-14(17)3/h6-12,15H,5H2,1-4H3,(H,21,26). The number of benzene rings is 2. The normalized spacial score (nSPS) is 11.9. The van der Waals surface area contributed by atoms with Gasteiger partial charge in [-0.3, -0.25) is 4.79 Å². The van der Waals surface area contributed by atoms with Crippen LogP contribution < -0.4 is 10.1 Å². The summed E-state index contributed by atoms with van der Waals surface area (Å²) in [7, 11) is 0. The smallest absolute Gasteiger partial charge is 0.237 e. The largest absolute Gasteiger partial charge is 0.492 e. The molecule has 8 heteroatoms. The van der Waals surface area contributed by atoms with Crippen molar-refractivity contribution in [1.29, 1.82) is 0 Å². The van der Waals surface area contributed by atoms with Gasteiger partial charge in [-0.05, 0) is 61.9 Å². The number of aryl methyl sites for hydroxylation is 2. The van der Waals surface area contributed by atoms with Crippen LogP contribution in [-0.2, 0) is 4.79 Å². The first-order valence-corrected chi connectivity index (χ1v) is 9.93. The molecule has 0 aliphatic heterocycles. The maximum atomic E-state index is 12.7. The van der Waals surface area contributed by atoms with Gasteiger partial charge in [-0.2, -0.15) is 4.68 Å². The molecule has 28 heavy (non-hydrogen) atoms. The summed E-state index contributed by atoms with van der Waals surface area (Å²) in [4.78, 5) is 12.7. The predicted octanol–water partition coefficient (Wildman–Crippen LogP) is 3.80. The molecule has 1 unspecified atom stereocenters. The SMILES string of the molecule is CCOc1ccccc1NC(=O)C(C)Sc1nnnn1-c1ccc(C)cc1C. The van der Waals surface area contributed by atoms with Crippen molar-refractivity contribution in [2.45, 2.75) is 38.1 Å². The first-order chi connectivity index (χ1) is 13.5. The van der Waals surface area contributed by atoms with Gasteiger partial charge in [0.1, 0.15) is 5.75 Å². The molecule has 2 aromatic carbocycles. The molecular formula is C20H23N5O2S. The van der Waals surface area contributed by atoms with Crippen LogP contribution >= 0.6 is 11.8 Å². The number of ether oxygens (including phenoxy) is 1. The lowest BCUT2D eigenvalue weighted by Gasteiger charge is -2.15. The number of para-hydroxylation sites is 2. The van der Waals surface area contributed by atoms with E-state index in [2.05, 4.69) is 26.9 Å². The zero-order valence-electron chi connectivity index (χ0n) is 16.3. The van der Waals surface area contributed by atoms with Crippen molar-refractivity contribution >= 4 is 23.4 Å². The summed E-state index contributed by atoms with van der Waals surface area (Å²) in [6.07, 6.45) is 0. The molecule has 3 aromatic rings. The highest BCUT2D eigenvalue weighted by Gasteiger charge is 2.21. The zero-order valence-corrected chi connectivity index (χ0v) is 17.2. The van der Waals surface area contributed by atoms with E-state index >= 15 is 0 Å². The molecule has 1 heterocycles. The fourth-order valence-electron chi connectivity index (χ4n) is 2.74. The molecule has 0 fully saturated rings. The second-order valence-electron chi connectivity index (χ2n) is 6.34. The quantitative estimate of drug-likeness (QED) is 0.611. The van der Waals surface area contributed by atoms with Crippen molar-refractivity contribution < 1.29 is 9.53 Å². The number of carbonyl (C=O) groups is 1. The number of thioether (sulfide) groups is 1. The highest BCUT2D eigenvalue weighted by Crippen LogP contribution is 2.28. The molecule has 0 saturated heterocycles. The van der Waals surface area contributed by atoms with Crippen LogP contribution in [0.3, 0.4) is 0 Å². The summed E-state index contributed by atoms with van der Waals surface area (Å²) in [5, 5.41) is 15.1. The van der Waals surface area contributed by atoms with Crippen molar-refractivity contribution in [1.82, 2.24) is 20.2 Å². The third-order valence-electron chi connectivity index (χ3n) is 4.12. The van der Waals surface area contributed by atoms with E-state index in [0.717, 1.165) is 11.3 Å². The fraction of sp³-hybridized carbons (Fsp3) is 0.300. The van der Waals surface area contributed by atoms with Gasteiger partial charge in [-0.25, -0.2) is 0 Å². The number of anilines is 1. The Morgan fingerprint density at radius 3 is 2.79 bits per heavy atom. The van der Waals surface area contributed by atoms with Gasteiger partial charge >= 0.3 is 0 Å². The minimum atomic E-state index is -0.398. The lowest BCUT2D eigenvalue weighted by atomic mass is 10.1. The van der Waals surface area contributed by atoms with E-state index in [0.29, 0.717) is 23.2 Å². The molecular weight excluding hydrogens is 374 g/mol. The van der Waals surface area contributed by atoms with E-state index in [1.807, 2.05) is 64.1 Å². The highest BCUT2D eigenvalue weighted by molar-refractivity contribution is 8.00. The number of rotatable bonds is 7. The van der Waals surface area contributed by atoms with Crippen molar-refractivity contribution in [3.05, 3.63) is 53.6 Å². The summed E-state index contributed by atoms with van der Waals surface area (Å²) in [6.45, 7) is 8.31. The van der Waals surface area contributed by atoms with Gasteiger partial charge in [0.25, 0.3) is 0 Å². The van der Waals surface area contributed by atoms with Crippen molar-refractivity contribution in [2.75, 3.05) is 11.9 Å². The number of aromatic nitrogens is 4. The van der Waals surface area contributed by atoms with E-state index in [-0.39, 0.29) is 5.91 Å². The zero-order chi connectivity index (χ0) is 20.1. The lowest BCUT2D eigenvalue weighted by molar-refractivity contribution is -0.115. The summed E-state index contributed by atoms with van der Waals surface area (Å²) < 4.78 is 7.23. The first-order valence-electron chi connectivity index (χ1n) is 9.05. The average Bonchev–Trinajstić information content (AvgIpc) is 3.11. The van der Waals surface area contributed by atoms with Gasteiger partial charge in [0, 0.05) is 0 Å². The Morgan fingerprint density at radius 2 is 2.04 bits per heavy atom. The predicted molar refractivity (Wildman–Crippen MR) is 110 cm³/mol. The van der Waals surface area contributed by atoms with Gasteiger partial charge in [0.15, 0.2) is 0 Å². The Bertz CT molecular complexity index is 973. The van der Waals surface area contributed by atoms with Crippen LogP contribution in [-0.4, -0.2) is 38.0 Å². The Hall–Kier alpha value is -2.87. The number of amides is 1. The minimum absolute atomic E-state index is 0.146. The monoisotopic (exact) mass is 397 g/mol. The van der Waals surface area contributed by atoms with E-state index in [1.54, 1.807) is 4.68 Å². The minimum Gasteiger partial charge on any atom is -0.492 e. The summed E-state index contributed by atoms with van der Waals surface area (Å²) in [5.41, 5.74) is 3.78. The fourth-order valence-corrected chi connectivity index (χ4v) is 3.54. The van der Waals surface area contributed by atoms with Crippen LogP contribution in [0.15, 0.2) is 47.6 Å². The number of nitrogens with one attached hydrogen (secondary N) is 1. The molecule has 0 aliphatic carbocycles. The Balaban J connectivity index is 1.75. The maximum Gasteiger partial charge on any atom is 0.237 e. The number of nitrogens with zero attached hydrogens (tertiary/aromatic N) is 4. The molecule has 0 aliphatic rings. The number of hydrogen-bond donors (Lipinski definition) is 1. The van der Waals surface area contributed by atoms with Crippen molar-refractivity contribution in [3.63, 3.8) is 0 Å². The highest BCUT2D eigenvalue weighted by atomic mass is 32.2. The van der Waals surface area contributed by atoms with Gasteiger partial charge in [-0.1, -0.05) is 41.6 Å². The number of tetrazole rings is 1. The van der Waals surface area contributed by atoms with Gasteiger partial charge in [-0.15, -0.1) is 5.10 Å². The molecule has 146 valence electrons. The van der Waals surface area contributed by atoms with E-state index in [1.165, 1.54) is 17.3 Å². The van der Waals surface area contributed by atoms with Crippen LogP contribution in [0.2, 0.25) is 0 Å². The second-order valence-corrected chi connectivity index (χ2v) is 7.65. The second kappa shape index (κ2) is 8.88. The maximum absolute atomic E-state index is 12.7. The molecule has 0 bridgehead atoms. The van der Waals surface area contributed by atoms with Crippen molar-refractivity contribution in [3.8, 4) is 11.4 Å². The Kier molecular flexibility index (Phi) is 6.30. The van der Waals surface area contributed by atoms with E-state index < -0.39 is 5.25 Å². The van der Waals surface area contributed by atoms with Crippen LogP contribution in [0.25, 0.3) is 5.69 Å². The molecule has 1 amide bonds. The van der Waals surface area contributed by atoms with Crippen LogP contribution in [0.4, 0.5) is 5.69 Å². The van der Waals surface area contributed by atoms with Crippen LogP contribution in [0, 0.1) is 13.8 Å². The number of carbonyl (C=O) groups excluding carboxylic acids is 1. The van der Waals surface area contributed by atoms with Crippen molar-refractivity contribution in [2.24, 2.45) is 0 Å². The summed E-state index contributed by atoms with van der Waals surface area (Å²) in [6, 6.07) is 13.4. The Labute approximate surface area is 168 Å². The molecule has 1 aromatic heterocycles. The molecule has 1 N–H and O–H groups in total. The molecule has 0 radical (unpaired) electrons.